The van der Waals surface area contributed by atoms with Crippen LogP contribution in [0.2, 0.25) is 0 Å². The van der Waals surface area contributed by atoms with E-state index in [-0.39, 0.29) is 17.5 Å². The molecule has 1 amide bonds. The van der Waals surface area contributed by atoms with Crippen molar-refractivity contribution < 1.29 is 18.0 Å². The average Bonchev–Trinajstić information content (AvgIpc) is 2.81. The molecule has 0 aromatic heterocycles. The van der Waals surface area contributed by atoms with Gasteiger partial charge in [-0.3, -0.25) is 4.79 Å². The Balaban J connectivity index is 1.99. The maximum Gasteiger partial charge on any atom is 0.416 e. The molecule has 1 fully saturated rings. The number of halogens is 3. The van der Waals surface area contributed by atoms with Gasteiger partial charge in [-0.25, -0.2) is 0 Å². The zero-order chi connectivity index (χ0) is 14.8. The van der Waals surface area contributed by atoms with Gasteiger partial charge in [0.25, 0.3) is 5.91 Å². The van der Waals surface area contributed by atoms with Crippen molar-refractivity contribution in [1.29, 1.82) is 0 Å². The molecule has 6 heteroatoms. The molecular weight excluding hydrogens is 269 g/mol. The fourth-order valence-electron chi connectivity index (χ4n) is 2.48. The Morgan fingerprint density at radius 1 is 1.35 bits per heavy atom. The van der Waals surface area contributed by atoms with Crippen molar-refractivity contribution in [2.45, 2.75) is 31.5 Å². The van der Waals surface area contributed by atoms with Crippen LogP contribution in [0.25, 0.3) is 0 Å². The Labute approximate surface area is 115 Å². The van der Waals surface area contributed by atoms with E-state index in [2.05, 4.69) is 5.32 Å². The van der Waals surface area contributed by atoms with Gasteiger partial charge in [-0.05, 0) is 37.0 Å². The Hall–Kier alpha value is -1.56. The molecule has 20 heavy (non-hydrogen) atoms. The van der Waals surface area contributed by atoms with Gasteiger partial charge < -0.3 is 11.1 Å². The van der Waals surface area contributed by atoms with Crippen molar-refractivity contribution in [3.05, 3.63) is 35.4 Å². The van der Waals surface area contributed by atoms with Crippen LogP contribution in [0.1, 0.15) is 35.2 Å². The van der Waals surface area contributed by atoms with Gasteiger partial charge in [-0.2, -0.15) is 13.2 Å². The zero-order valence-corrected chi connectivity index (χ0v) is 10.9. The molecule has 0 bridgehead atoms. The minimum absolute atomic E-state index is 0.0198. The summed E-state index contributed by atoms with van der Waals surface area (Å²) in [6, 6.07) is 4.49. The number of carbonyl (C=O) groups is 1. The van der Waals surface area contributed by atoms with E-state index in [1.165, 1.54) is 12.1 Å². The molecule has 2 unspecified atom stereocenters. The van der Waals surface area contributed by atoms with Crippen LogP contribution in [-0.4, -0.2) is 18.5 Å². The van der Waals surface area contributed by atoms with Crippen molar-refractivity contribution in [1.82, 2.24) is 5.32 Å². The molecule has 0 radical (unpaired) electrons. The number of hydrogen-bond donors (Lipinski definition) is 2. The molecule has 1 aliphatic rings. The summed E-state index contributed by atoms with van der Waals surface area (Å²) in [5, 5.41) is 2.66. The highest BCUT2D eigenvalue weighted by atomic mass is 19.4. The molecule has 1 aliphatic carbocycles. The first kappa shape index (κ1) is 14.8. The van der Waals surface area contributed by atoms with Crippen LogP contribution in [0.5, 0.6) is 0 Å². The fraction of sp³-hybridized carbons (Fsp3) is 0.500. The minimum atomic E-state index is -4.44. The minimum Gasteiger partial charge on any atom is -0.352 e. The first-order chi connectivity index (χ1) is 9.38. The predicted octanol–water partition coefficient (Wildman–Crippen LogP) is 2.56. The standard InChI is InChI=1S/C14H17F3N2O/c15-14(16,17)11-5-1-3-9(7-11)13(20)19-8-10-4-2-6-12(10)18/h1,3,5,7,10,12H,2,4,6,8,18H2,(H,19,20). The third-order valence-electron chi connectivity index (χ3n) is 3.69. The van der Waals surface area contributed by atoms with Crippen LogP contribution >= 0.6 is 0 Å². The largest absolute Gasteiger partial charge is 0.416 e. The summed E-state index contributed by atoms with van der Waals surface area (Å²) in [5.41, 5.74) is 5.09. The Morgan fingerprint density at radius 2 is 2.10 bits per heavy atom. The monoisotopic (exact) mass is 286 g/mol. The molecule has 0 aliphatic heterocycles. The third kappa shape index (κ3) is 3.50. The Kier molecular flexibility index (Phi) is 4.32. The normalized spacial score (nSPS) is 22.8. The van der Waals surface area contributed by atoms with Gasteiger partial charge in [-0.15, -0.1) is 0 Å². The van der Waals surface area contributed by atoms with Crippen LogP contribution in [-0.2, 0) is 6.18 Å². The van der Waals surface area contributed by atoms with Crippen LogP contribution in [0.3, 0.4) is 0 Å². The summed E-state index contributed by atoms with van der Waals surface area (Å²) in [4.78, 5) is 11.9. The van der Waals surface area contributed by atoms with E-state index in [1.54, 1.807) is 0 Å². The quantitative estimate of drug-likeness (QED) is 0.897. The molecule has 1 aromatic carbocycles. The first-order valence-electron chi connectivity index (χ1n) is 6.59. The van der Waals surface area contributed by atoms with E-state index >= 15 is 0 Å². The maximum absolute atomic E-state index is 12.6. The van der Waals surface area contributed by atoms with Crippen molar-refractivity contribution >= 4 is 5.91 Å². The molecule has 3 N–H and O–H groups in total. The molecule has 110 valence electrons. The summed E-state index contributed by atoms with van der Waals surface area (Å²) in [6.45, 7) is 0.413. The summed E-state index contributed by atoms with van der Waals surface area (Å²) in [5.74, 6) is -0.278. The van der Waals surface area contributed by atoms with E-state index < -0.39 is 17.6 Å². The first-order valence-corrected chi connectivity index (χ1v) is 6.59. The average molecular weight is 286 g/mol. The number of hydrogen-bond acceptors (Lipinski definition) is 2. The number of alkyl halides is 3. The number of carbonyl (C=O) groups excluding carboxylic acids is 1. The highest BCUT2D eigenvalue weighted by Gasteiger charge is 2.31. The molecule has 1 aromatic rings. The number of benzene rings is 1. The lowest BCUT2D eigenvalue weighted by Gasteiger charge is -2.16. The topological polar surface area (TPSA) is 55.1 Å². The number of amides is 1. The van der Waals surface area contributed by atoms with Crippen molar-refractivity contribution in [2.24, 2.45) is 11.7 Å². The second-order valence-electron chi connectivity index (χ2n) is 5.14. The molecule has 3 nitrogen and oxygen atoms in total. The van der Waals surface area contributed by atoms with Gasteiger partial charge in [0.1, 0.15) is 0 Å². The van der Waals surface area contributed by atoms with Gasteiger partial charge >= 0.3 is 6.18 Å². The van der Waals surface area contributed by atoms with E-state index in [0.717, 1.165) is 31.4 Å². The molecular formula is C14H17F3N2O. The summed E-state index contributed by atoms with van der Waals surface area (Å²) < 4.78 is 37.7. The molecule has 1 saturated carbocycles. The van der Waals surface area contributed by atoms with Crippen LogP contribution in [0.4, 0.5) is 13.2 Å². The van der Waals surface area contributed by atoms with Crippen molar-refractivity contribution in [2.75, 3.05) is 6.54 Å². The Bertz CT molecular complexity index is 488. The molecule has 2 atom stereocenters. The molecule has 2 rings (SSSR count). The zero-order valence-electron chi connectivity index (χ0n) is 10.9. The van der Waals surface area contributed by atoms with Crippen LogP contribution in [0, 0.1) is 5.92 Å². The van der Waals surface area contributed by atoms with Crippen molar-refractivity contribution in [3.8, 4) is 0 Å². The number of rotatable bonds is 3. The van der Waals surface area contributed by atoms with Gasteiger partial charge in [0.05, 0.1) is 5.56 Å². The molecule has 0 saturated heterocycles. The second kappa shape index (κ2) is 5.83. The van der Waals surface area contributed by atoms with E-state index in [1.807, 2.05) is 0 Å². The SMILES string of the molecule is NC1CCCC1CNC(=O)c1cccc(C(F)(F)F)c1. The number of nitrogens with two attached hydrogens (primary N) is 1. The predicted molar refractivity (Wildman–Crippen MR) is 69.1 cm³/mol. The lowest BCUT2D eigenvalue weighted by molar-refractivity contribution is -0.137. The second-order valence-corrected chi connectivity index (χ2v) is 5.14. The van der Waals surface area contributed by atoms with Gasteiger partial charge in [-0.1, -0.05) is 12.5 Å². The smallest absolute Gasteiger partial charge is 0.352 e. The maximum atomic E-state index is 12.6. The van der Waals surface area contributed by atoms with Crippen LogP contribution < -0.4 is 11.1 Å². The van der Waals surface area contributed by atoms with Gasteiger partial charge in [0, 0.05) is 18.2 Å². The summed E-state index contributed by atoms with van der Waals surface area (Å²) in [7, 11) is 0. The van der Waals surface area contributed by atoms with Crippen molar-refractivity contribution in [3.63, 3.8) is 0 Å². The van der Waals surface area contributed by atoms with Gasteiger partial charge in [0.15, 0.2) is 0 Å². The van der Waals surface area contributed by atoms with E-state index in [0.29, 0.717) is 6.54 Å². The van der Waals surface area contributed by atoms with Crippen LogP contribution in [0.15, 0.2) is 24.3 Å². The molecule has 0 spiro atoms. The Morgan fingerprint density at radius 3 is 2.70 bits per heavy atom. The summed E-state index contributed by atoms with van der Waals surface area (Å²) in [6.07, 6.45) is -1.52. The van der Waals surface area contributed by atoms with E-state index in [9.17, 15) is 18.0 Å². The highest BCUT2D eigenvalue weighted by Crippen LogP contribution is 2.29. The molecule has 0 heterocycles. The third-order valence-corrected chi connectivity index (χ3v) is 3.69. The fourth-order valence-corrected chi connectivity index (χ4v) is 2.48. The highest BCUT2D eigenvalue weighted by molar-refractivity contribution is 5.94. The van der Waals surface area contributed by atoms with E-state index in [4.69, 9.17) is 5.73 Å². The lowest BCUT2D eigenvalue weighted by Crippen LogP contribution is -2.36. The van der Waals surface area contributed by atoms with Gasteiger partial charge in [0.2, 0.25) is 0 Å². The summed E-state index contributed by atoms with van der Waals surface area (Å²) >= 11 is 0. The lowest BCUT2D eigenvalue weighted by atomic mass is 10.0. The number of nitrogens with one attached hydrogen (secondary N) is 1.